The fraction of sp³-hybridized carbons (Fsp3) is 0.267. The van der Waals surface area contributed by atoms with Crippen molar-refractivity contribution in [3.8, 4) is 11.5 Å². The van der Waals surface area contributed by atoms with E-state index in [0.29, 0.717) is 0 Å². The molecule has 1 N–H and O–H groups in total. The van der Waals surface area contributed by atoms with Gasteiger partial charge >= 0.3 is 5.51 Å². The Kier molecular flexibility index (Phi) is 4.82. The molecule has 1 aliphatic carbocycles. The maximum atomic E-state index is 13.9. The van der Waals surface area contributed by atoms with Crippen LogP contribution >= 0.6 is 23.4 Å². The summed E-state index contributed by atoms with van der Waals surface area (Å²) < 4.78 is 70.5. The second kappa shape index (κ2) is 6.62. The van der Waals surface area contributed by atoms with E-state index in [-0.39, 0.29) is 34.1 Å². The topological polar surface area (TPSA) is 42.4 Å². The average molecular weight is 398 g/mol. The average Bonchev–Trinajstić information content (AvgIpc) is 2.76. The zero-order chi connectivity index (χ0) is 18.4. The Hall–Kier alpha value is -1.58. The number of ether oxygens (including phenoxy) is 1. The third-order valence-electron chi connectivity index (χ3n) is 3.47. The summed E-state index contributed by atoms with van der Waals surface area (Å²) in [5.41, 5.74) is -4.86. The van der Waals surface area contributed by atoms with E-state index in [1.807, 2.05) is 0 Å². The van der Waals surface area contributed by atoms with Crippen LogP contribution in [-0.4, -0.2) is 21.8 Å². The number of hydrogen-bond acceptors (Lipinski definition) is 4. The maximum absolute atomic E-state index is 13.9. The van der Waals surface area contributed by atoms with E-state index in [2.05, 4.69) is 4.98 Å². The minimum Gasteiger partial charge on any atom is -0.455 e. The van der Waals surface area contributed by atoms with Gasteiger partial charge < -0.3 is 9.84 Å². The van der Waals surface area contributed by atoms with Crippen LogP contribution in [-0.2, 0) is 6.42 Å². The molecule has 0 aliphatic heterocycles. The molecule has 134 valence electrons. The number of nitrogens with zero attached hydrogens (tertiary/aromatic N) is 1. The normalized spacial score (nSPS) is 19.8. The number of pyridine rings is 1. The van der Waals surface area contributed by atoms with Crippen molar-refractivity contribution in [1.29, 1.82) is 0 Å². The zero-order valence-corrected chi connectivity index (χ0v) is 13.7. The van der Waals surface area contributed by atoms with Gasteiger partial charge in [0, 0.05) is 40.4 Å². The standard InChI is InChI=1S/C15H9ClF5NO2S/c16-6-1-7(17)3-8(2-6)24-11-5-22-14(25-15(19,20)21)12-9(11)4-10(18)13(12)23/h1-3,5,10,13,23H,4H2/t10-,13-/m1/s1. The van der Waals surface area contributed by atoms with Crippen LogP contribution in [0.2, 0.25) is 5.02 Å². The second-order valence-corrected chi connectivity index (χ2v) is 6.73. The quantitative estimate of drug-likeness (QED) is 0.570. The summed E-state index contributed by atoms with van der Waals surface area (Å²) in [7, 11) is 0. The van der Waals surface area contributed by atoms with Crippen molar-refractivity contribution in [1.82, 2.24) is 4.98 Å². The number of aliphatic hydroxyl groups is 1. The lowest BCUT2D eigenvalue weighted by atomic mass is 10.1. The summed E-state index contributed by atoms with van der Waals surface area (Å²) in [5, 5.41) is 9.38. The summed E-state index contributed by atoms with van der Waals surface area (Å²) in [6.45, 7) is 0. The summed E-state index contributed by atoms with van der Waals surface area (Å²) >= 11 is 5.17. The van der Waals surface area contributed by atoms with Crippen LogP contribution in [0.4, 0.5) is 22.0 Å². The second-order valence-electron chi connectivity index (χ2n) is 5.24. The van der Waals surface area contributed by atoms with Gasteiger partial charge in [0.05, 0.1) is 6.20 Å². The highest BCUT2D eigenvalue weighted by molar-refractivity contribution is 8.00. The number of halogens is 6. The van der Waals surface area contributed by atoms with Gasteiger partial charge in [-0.1, -0.05) is 11.6 Å². The van der Waals surface area contributed by atoms with Gasteiger partial charge in [0.1, 0.15) is 34.6 Å². The molecule has 1 aromatic heterocycles. The Morgan fingerprint density at radius 2 is 2.00 bits per heavy atom. The van der Waals surface area contributed by atoms with Crippen molar-refractivity contribution in [2.24, 2.45) is 0 Å². The lowest BCUT2D eigenvalue weighted by Gasteiger charge is -2.15. The largest absolute Gasteiger partial charge is 0.455 e. The number of rotatable bonds is 3. The number of aromatic nitrogens is 1. The highest BCUT2D eigenvalue weighted by atomic mass is 35.5. The van der Waals surface area contributed by atoms with Crippen LogP contribution in [0.25, 0.3) is 0 Å². The molecular formula is C15H9ClF5NO2S. The fourth-order valence-corrected chi connectivity index (χ4v) is 3.41. The summed E-state index contributed by atoms with van der Waals surface area (Å²) in [6.07, 6.45) is -2.89. The van der Waals surface area contributed by atoms with Gasteiger partial charge in [-0.05, 0) is 12.1 Å². The first-order valence-corrected chi connectivity index (χ1v) is 8.07. The first-order chi connectivity index (χ1) is 11.6. The smallest absolute Gasteiger partial charge is 0.447 e. The predicted molar refractivity (Wildman–Crippen MR) is 81.2 cm³/mol. The van der Waals surface area contributed by atoms with Crippen molar-refractivity contribution in [2.75, 3.05) is 0 Å². The lowest BCUT2D eigenvalue weighted by molar-refractivity contribution is -0.0330. The number of alkyl halides is 4. The Balaban J connectivity index is 2.02. The molecular weight excluding hydrogens is 389 g/mol. The van der Waals surface area contributed by atoms with Crippen LogP contribution in [0.3, 0.4) is 0 Å². The van der Waals surface area contributed by atoms with Crippen LogP contribution < -0.4 is 4.74 Å². The van der Waals surface area contributed by atoms with E-state index < -0.39 is 40.4 Å². The minimum atomic E-state index is -4.65. The number of aliphatic hydroxyl groups excluding tert-OH is 1. The van der Waals surface area contributed by atoms with Gasteiger partial charge in [0.2, 0.25) is 0 Å². The number of thioether (sulfide) groups is 1. The molecule has 3 nitrogen and oxygen atoms in total. The van der Waals surface area contributed by atoms with Gasteiger partial charge in [-0.25, -0.2) is 13.8 Å². The van der Waals surface area contributed by atoms with Gasteiger partial charge in [-0.2, -0.15) is 13.2 Å². The molecule has 0 fully saturated rings. The highest BCUT2D eigenvalue weighted by Crippen LogP contribution is 2.47. The third-order valence-corrected chi connectivity index (χ3v) is 4.43. The Labute approximate surface area is 147 Å². The molecule has 0 bridgehead atoms. The van der Waals surface area contributed by atoms with Gasteiger partial charge in [-0.15, -0.1) is 0 Å². The molecule has 2 aromatic rings. The van der Waals surface area contributed by atoms with Crippen molar-refractivity contribution in [3.63, 3.8) is 0 Å². The molecule has 1 aromatic carbocycles. The number of benzene rings is 1. The molecule has 25 heavy (non-hydrogen) atoms. The molecule has 0 saturated heterocycles. The van der Waals surface area contributed by atoms with E-state index in [9.17, 15) is 27.1 Å². The predicted octanol–water partition coefficient (Wildman–Crippen LogP) is 5.21. The van der Waals surface area contributed by atoms with E-state index in [4.69, 9.17) is 16.3 Å². The first kappa shape index (κ1) is 18.2. The molecule has 1 heterocycles. The Morgan fingerprint density at radius 1 is 1.28 bits per heavy atom. The molecule has 3 rings (SSSR count). The SMILES string of the molecule is O[C@H]1c2c(SC(F)(F)F)ncc(Oc3cc(F)cc(Cl)c3)c2C[C@H]1F. The highest BCUT2D eigenvalue weighted by Gasteiger charge is 2.40. The van der Waals surface area contributed by atoms with Gasteiger partial charge in [0.25, 0.3) is 0 Å². The molecule has 1 aliphatic rings. The van der Waals surface area contributed by atoms with Crippen molar-refractivity contribution >= 4 is 23.4 Å². The summed E-state index contributed by atoms with van der Waals surface area (Å²) in [4.78, 5) is 3.63. The molecule has 10 heteroatoms. The van der Waals surface area contributed by atoms with Gasteiger partial charge in [-0.3, -0.25) is 0 Å². The van der Waals surface area contributed by atoms with Crippen LogP contribution in [0, 0.1) is 5.82 Å². The minimum absolute atomic E-state index is 0.0259. The van der Waals surface area contributed by atoms with E-state index in [1.165, 1.54) is 6.07 Å². The molecule has 0 amide bonds. The Morgan fingerprint density at radius 3 is 2.64 bits per heavy atom. The third kappa shape index (κ3) is 3.99. The van der Waals surface area contributed by atoms with Gasteiger partial charge in [0.15, 0.2) is 0 Å². The van der Waals surface area contributed by atoms with Crippen LogP contribution in [0.15, 0.2) is 29.4 Å². The van der Waals surface area contributed by atoms with Crippen molar-refractivity contribution < 1.29 is 31.8 Å². The van der Waals surface area contributed by atoms with Crippen LogP contribution in [0.5, 0.6) is 11.5 Å². The molecule has 2 atom stereocenters. The maximum Gasteiger partial charge on any atom is 0.447 e. The Bertz CT molecular complexity index is 797. The van der Waals surface area contributed by atoms with Crippen molar-refractivity contribution in [3.05, 3.63) is 46.4 Å². The molecule has 0 radical (unpaired) electrons. The zero-order valence-electron chi connectivity index (χ0n) is 12.1. The fourth-order valence-electron chi connectivity index (χ4n) is 2.52. The van der Waals surface area contributed by atoms with Crippen molar-refractivity contribution in [2.45, 2.75) is 29.2 Å². The van der Waals surface area contributed by atoms with E-state index >= 15 is 0 Å². The number of fused-ring (bicyclic) bond motifs is 1. The number of hydrogen-bond donors (Lipinski definition) is 1. The first-order valence-electron chi connectivity index (χ1n) is 6.87. The van der Waals surface area contributed by atoms with E-state index in [0.717, 1.165) is 18.3 Å². The molecule has 0 spiro atoms. The summed E-state index contributed by atoms with van der Waals surface area (Å²) in [5.74, 6) is -0.774. The molecule has 0 unspecified atom stereocenters. The van der Waals surface area contributed by atoms with E-state index in [1.54, 1.807) is 0 Å². The monoisotopic (exact) mass is 397 g/mol. The van der Waals surface area contributed by atoms with Crippen LogP contribution in [0.1, 0.15) is 17.2 Å². The summed E-state index contributed by atoms with van der Waals surface area (Å²) in [6, 6.07) is 3.34. The lowest BCUT2D eigenvalue weighted by Crippen LogP contribution is -2.09. The molecule has 0 saturated carbocycles.